The van der Waals surface area contributed by atoms with Crippen LogP contribution in [0.4, 0.5) is 0 Å². The van der Waals surface area contributed by atoms with Gasteiger partial charge in [-0.25, -0.2) is 0 Å². The molecule has 92 valence electrons. The first kappa shape index (κ1) is 13.2. The van der Waals surface area contributed by atoms with Crippen LogP contribution in [0.2, 0.25) is 0 Å². The van der Waals surface area contributed by atoms with Crippen LogP contribution in [-0.4, -0.2) is 29.5 Å². The second-order valence-corrected chi connectivity index (χ2v) is 4.39. The van der Waals surface area contributed by atoms with Crippen molar-refractivity contribution in [2.75, 3.05) is 13.7 Å². The van der Waals surface area contributed by atoms with Crippen LogP contribution in [0.15, 0.2) is 12.3 Å². The van der Waals surface area contributed by atoms with Crippen LogP contribution in [0.3, 0.4) is 0 Å². The fraction of sp³-hybridized carbons (Fsp3) is 0.750. The van der Waals surface area contributed by atoms with Gasteiger partial charge in [-0.1, -0.05) is 20.8 Å². The SMILES string of the molecule is CCNC(c1ccn(C)n1)C(OC)C(C)C. The van der Waals surface area contributed by atoms with Crippen LogP contribution in [0, 0.1) is 5.92 Å². The van der Waals surface area contributed by atoms with Gasteiger partial charge in [-0.15, -0.1) is 0 Å². The molecular formula is C12H23N3O. The number of hydrogen-bond donors (Lipinski definition) is 1. The second-order valence-electron chi connectivity index (χ2n) is 4.39. The Kier molecular flexibility index (Phi) is 4.96. The fourth-order valence-electron chi connectivity index (χ4n) is 2.00. The van der Waals surface area contributed by atoms with E-state index in [-0.39, 0.29) is 12.1 Å². The highest BCUT2D eigenvalue weighted by molar-refractivity contribution is 5.08. The van der Waals surface area contributed by atoms with Gasteiger partial charge < -0.3 is 10.1 Å². The molecule has 4 heteroatoms. The van der Waals surface area contributed by atoms with Crippen molar-refractivity contribution in [1.82, 2.24) is 15.1 Å². The molecule has 1 aromatic rings. The van der Waals surface area contributed by atoms with Crippen molar-refractivity contribution in [3.63, 3.8) is 0 Å². The lowest BCUT2D eigenvalue weighted by Crippen LogP contribution is -2.37. The van der Waals surface area contributed by atoms with E-state index in [0.29, 0.717) is 5.92 Å². The highest BCUT2D eigenvalue weighted by Crippen LogP contribution is 2.22. The summed E-state index contributed by atoms with van der Waals surface area (Å²) in [5, 5.41) is 7.90. The van der Waals surface area contributed by atoms with Crippen molar-refractivity contribution in [3.05, 3.63) is 18.0 Å². The lowest BCUT2D eigenvalue weighted by Gasteiger charge is -2.28. The summed E-state index contributed by atoms with van der Waals surface area (Å²) in [4.78, 5) is 0. The first-order chi connectivity index (χ1) is 7.60. The van der Waals surface area contributed by atoms with Crippen LogP contribution in [0.25, 0.3) is 0 Å². The standard InChI is InChI=1S/C12H23N3O/c1-6-13-11(12(16-5)9(2)3)10-7-8-15(4)14-10/h7-9,11-13H,6H2,1-5H3. The van der Waals surface area contributed by atoms with E-state index in [4.69, 9.17) is 4.74 Å². The Balaban J connectivity index is 2.88. The van der Waals surface area contributed by atoms with Crippen molar-refractivity contribution in [1.29, 1.82) is 0 Å². The highest BCUT2D eigenvalue weighted by atomic mass is 16.5. The highest BCUT2D eigenvalue weighted by Gasteiger charge is 2.26. The number of aromatic nitrogens is 2. The minimum Gasteiger partial charge on any atom is -0.379 e. The van der Waals surface area contributed by atoms with E-state index in [1.165, 1.54) is 0 Å². The van der Waals surface area contributed by atoms with E-state index in [1.54, 1.807) is 7.11 Å². The molecule has 0 radical (unpaired) electrons. The van der Waals surface area contributed by atoms with Gasteiger partial charge in [0, 0.05) is 20.4 Å². The molecule has 0 fully saturated rings. The molecular weight excluding hydrogens is 202 g/mol. The summed E-state index contributed by atoms with van der Waals surface area (Å²) in [5.74, 6) is 0.455. The number of ether oxygens (including phenoxy) is 1. The summed E-state index contributed by atoms with van der Waals surface area (Å²) in [6, 6.07) is 2.21. The average Bonchev–Trinajstić information content (AvgIpc) is 2.64. The lowest BCUT2D eigenvalue weighted by molar-refractivity contribution is 0.0318. The molecule has 1 aromatic heterocycles. The second kappa shape index (κ2) is 6.01. The Morgan fingerprint density at radius 2 is 2.19 bits per heavy atom. The quantitative estimate of drug-likeness (QED) is 0.801. The van der Waals surface area contributed by atoms with Gasteiger partial charge in [-0.3, -0.25) is 4.68 Å². The Bertz CT molecular complexity index is 309. The summed E-state index contributed by atoms with van der Waals surface area (Å²) in [5.41, 5.74) is 1.05. The van der Waals surface area contributed by atoms with Crippen LogP contribution >= 0.6 is 0 Å². The zero-order valence-corrected chi connectivity index (χ0v) is 10.9. The van der Waals surface area contributed by atoms with E-state index in [1.807, 2.05) is 24.0 Å². The minimum absolute atomic E-state index is 0.148. The van der Waals surface area contributed by atoms with Crippen LogP contribution in [0.1, 0.15) is 32.5 Å². The molecule has 0 aliphatic rings. The maximum Gasteiger partial charge on any atom is 0.0820 e. The molecule has 1 rings (SSSR count). The first-order valence-electron chi connectivity index (χ1n) is 5.85. The van der Waals surface area contributed by atoms with Gasteiger partial charge >= 0.3 is 0 Å². The largest absolute Gasteiger partial charge is 0.379 e. The smallest absolute Gasteiger partial charge is 0.0820 e. The van der Waals surface area contributed by atoms with Crippen molar-refractivity contribution in [3.8, 4) is 0 Å². The summed E-state index contributed by atoms with van der Waals surface area (Å²) in [6.45, 7) is 7.35. The molecule has 16 heavy (non-hydrogen) atoms. The maximum absolute atomic E-state index is 5.58. The van der Waals surface area contributed by atoms with E-state index in [2.05, 4.69) is 31.2 Å². The number of nitrogens with zero attached hydrogens (tertiary/aromatic N) is 2. The Labute approximate surface area is 98.0 Å². The number of hydrogen-bond acceptors (Lipinski definition) is 3. The zero-order chi connectivity index (χ0) is 12.1. The number of nitrogens with one attached hydrogen (secondary N) is 1. The maximum atomic E-state index is 5.58. The molecule has 0 amide bonds. The van der Waals surface area contributed by atoms with Gasteiger partial charge in [-0.05, 0) is 18.5 Å². The van der Waals surface area contributed by atoms with Gasteiger partial charge in [0.1, 0.15) is 0 Å². The van der Waals surface area contributed by atoms with Crippen molar-refractivity contribution < 1.29 is 4.74 Å². The number of rotatable bonds is 6. The van der Waals surface area contributed by atoms with E-state index in [9.17, 15) is 0 Å². The van der Waals surface area contributed by atoms with E-state index >= 15 is 0 Å². The van der Waals surface area contributed by atoms with E-state index in [0.717, 1.165) is 12.2 Å². The summed E-state index contributed by atoms with van der Waals surface area (Å²) in [6.07, 6.45) is 2.11. The van der Waals surface area contributed by atoms with E-state index < -0.39 is 0 Å². The third-order valence-corrected chi connectivity index (χ3v) is 2.73. The summed E-state index contributed by atoms with van der Waals surface area (Å²) >= 11 is 0. The van der Waals surface area contributed by atoms with Gasteiger partial charge in [0.15, 0.2) is 0 Å². The third kappa shape index (κ3) is 3.06. The predicted octanol–water partition coefficient (Wildman–Crippen LogP) is 1.74. The molecule has 2 atom stereocenters. The first-order valence-corrected chi connectivity index (χ1v) is 5.85. The Morgan fingerprint density at radius 1 is 1.50 bits per heavy atom. The van der Waals surface area contributed by atoms with Gasteiger partial charge in [0.25, 0.3) is 0 Å². The third-order valence-electron chi connectivity index (χ3n) is 2.73. The number of aryl methyl sites for hydroxylation is 1. The zero-order valence-electron chi connectivity index (χ0n) is 10.9. The molecule has 1 N–H and O–H groups in total. The minimum atomic E-state index is 0.148. The molecule has 0 aliphatic heterocycles. The normalized spacial score (nSPS) is 15.4. The molecule has 0 aromatic carbocycles. The fourth-order valence-corrected chi connectivity index (χ4v) is 2.00. The number of methoxy groups -OCH3 is 1. The Hall–Kier alpha value is -0.870. The average molecular weight is 225 g/mol. The van der Waals surface area contributed by atoms with Crippen molar-refractivity contribution >= 4 is 0 Å². The topological polar surface area (TPSA) is 39.1 Å². The van der Waals surface area contributed by atoms with Crippen LogP contribution < -0.4 is 5.32 Å². The summed E-state index contributed by atoms with van der Waals surface area (Å²) in [7, 11) is 3.70. The van der Waals surface area contributed by atoms with Gasteiger partial charge in [0.05, 0.1) is 17.8 Å². The lowest BCUT2D eigenvalue weighted by atomic mass is 9.97. The molecule has 0 saturated heterocycles. The predicted molar refractivity (Wildman–Crippen MR) is 65.3 cm³/mol. The Morgan fingerprint density at radius 3 is 2.56 bits per heavy atom. The van der Waals surface area contributed by atoms with Gasteiger partial charge in [-0.2, -0.15) is 5.10 Å². The molecule has 2 unspecified atom stereocenters. The van der Waals surface area contributed by atoms with Crippen molar-refractivity contribution in [2.24, 2.45) is 13.0 Å². The van der Waals surface area contributed by atoms with Crippen LogP contribution in [0.5, 0.6) is 0 Å². The monoisotopic (exact) mass is 225 g/mol. The summed E-state index contributed by atoms with van der Waals surface area (Å²) < 4.78 is 7.40. The van der Waals surface area contributed by atoms with Crippen molar-refractivity contribution in [2.45, 2.75) is 32.9 Å². The van der Waals surface area contributed by atoms with Crippen LogP contribution in [-0.2, 0) is 11.8 Å². The molecule has 0 saturated carbocycles. The molecule has 0 spiro atoms. The molecule has 1 heterocycles. The molecule has 4 nitrogen and oxygen atoms in total. The molecule has 0 bridgehead atoms. The molecule has 0 aliphatic carbocycles. The number of likely N-dealkylation sites (N-methyl/N-ethyl adjacent to an activating group) is 1. The van der Waals surface area contributed by atoms with Gasteiger partial charge in [0.2, 0.25) is 0 Å².